The number of halogens is 3. The van der Waals surface area contributed by atoms with E-state index in [0.29, 0.717) is 5.75 Å². The van der Waals surface area contributed by atoms with Gasteiger partial charge in [-0.3, -0.25) is 14.5 Å². The summed E-state index contributed by atoms with van der Waals surface area (Å²) < 4.78 is 50.8. The number of anilines is 1. The average Bonchev–Trinajstić information content (AvgIpc) is 3.40. The van der Waals surface area contributed by atoms with Crippen LogP contribution in [0.2, 0.25) is 0 Å². The highest BCUT2D eigenvalue weighted by Gasteiger charge is 2.48. The SMILES string of the molecule is CC(C)Oc1ccc(/C(O)=C2/C(=O)C(=O)N(c3cccc(C(F)(F)F)c3)C2c2ccco2)cc1. The first-order valence-electron chi connectivity index (χ1n) is 10.4. The number of carbonyl (C=O) groups is 2. The van der Waals surface area contributed by atoms with Crippen LogP contribution in [-0.4, -0.2) is 22.9 Å². The highest BCUT2D eigenvalue weighted by Crippen LogP contribution is 2.43. The van der Waals surface area contributed by atoms with Gasteiger partial charge in [-0.25, -0.2) is 0 Å². The van der Waals surface area contributed by atoms with Gasteiger partial charge in [-0.05, 0) is 68.4 Å². The first-order chi connectivity index (χ1) is 16.1. The van der Waals surface area contributed by atoms with E-state index in [1.165, 1.54) is 36.6 Å². The lowest BCUT2D eigenvalue weighted by Crippen LogP contribution is -2.29. The molecule has 2 heterocycles. The maximum Gasteiger partial charge on any atom is 0.416 e. The van der Waals surface area contributed by atoms with Gasteiger partial charge in [0, 0.05) is 11.3 Å². The number of alkyl halides is 3. The molecule has 3 aromatic rings. The second-order valence-electron chi connectivity index (χ2n) is 7.92. The molecule has 1 aromatic heterocycles. The second kappa shape index (κ2) is 8.74. The number of Topliss-reactive ketones (excluding diaryl/α,β-unsaturated/α-hetero) is 1. The Balaban J connectivity index is 1.84. The van der Waals surface area contributed by atoms with Crippen molar-refractivity contribution in [1.82, 2.24) is 0 Å². The van der Waals surface area contributed by atoms with Gasteiger partial charge < -0.3 is 14.3 Å². The lowest BCUT2D eigenvalue weighted by atomic mass is 9.99. The number of benzene rings is 2. The molecule has 0 saturated carbocycles. The molecule has 0 bridgehead atoms. The van der Waals surface area contributed by atoms with Crippen LogP contribution < -0.4 is 9.64 Å². The number of ether oxygens (including phenoxy) is 1. The number of ketones is 1. The fourth-order valence-electron chi connectivity index (χ4n) is 3.77. The van der Waals surface area contributed by atoms with Gasteiger partial charge in [0.1, 0.15) is 23.3 Å². The van der Waals surface area contributed by atoms with Crippen molar-refractivity contribution in [1.29, 1.82) is 0 Å². The van der Waals surface area contributed by atoms with Crippen LogP contribution >= 0.6 is 0 Å². The van der Waals surface area contributed by atoms with Crippen LogP contribution in [0.15, 0.2) is 76.9 Å². The van der Waals surface area contributed by atoms with E-state index in [-0.39, 0.29) is 28.7 Å². The quantitative estimate of drug-likeness (QED) is 0.293. The maximum atomic E-state index is 13.3. The number of amides is 1. The average molecular weight is 471 g/mol. The highest BCUT2D eigenvalue weighted by molar-refractivity contribution is 6.51. The number of hydrogen-bond acceptors (Lipinski definition) is 5. The zero-order valence-electron chi connectivity index (χ0n) is 18.2. The van der Waals surface area contributed by atoms with Gasteiger partial charge in [0.25, 0.3) is 11.7 Å². The third-order valence-corrected chi connectivity index (χ3v) is 5.21. The fraction of sp³-hybridized carbons (Fsp3) is 0.200. The fourth-order valence-corrected chi connectivity index (χ4v) is 3.77. The van der Waals surface area contributed by atoms with E-state index in [1.54, 1.807) is 12.1 Å². The van der Waals surface area contributed by atoms with Crippen molar-refractivity contribution in [2.45, 2.75) is 32.2 Å². The highest BCUT2D eigenvalue weighted by atomic mass is 19.4. The summed E-state index contributed by atoms with van der Waals surface area (Å²) >= 11 is 0. The molecule has 176 valence electrons. The molecule has 1 amide bonds. The minimum absolute atomic E-state index is 0.0730. The summed E-state index contributed by atoms with van der Waals surface area (Å²) in [6, 6.07) is 12.0. The summed E-state index contributed by atoms with van der Waals surface area (Å²) in [7, 11) is 0. The molecule has 34 heavy (non-hydrogen) atoms. The van der Waals surface area contributed by atoms with Crippen LogP contribution in [0.4, 0.5) is 18.9 Å². The lowest BCUT2D eigenvalue weighted by Gasteiger charge is -2.24. The third-order valence-electron chi connectivity index (χ3n) is 5.21. The molecule has 1 N–H and O–H groups in total. The zero-order valence-corrected chi connectivity index (χ0v) is 18.2. The second-order valence-corrected chi connectivity index (χ2v) is 7.92. The van der Waals surface area contributed by atoms with Crippen molar-refractivity contribution < 1.29 is 37.0 Å². The molecule has 9 heteroatoms. The van der Waals surface area contributed by atoms with Crippen molar-refractivity contribution in [3.8, 4) is 5.75 Å². The number of nitrogens with zero attached hydrogens (tertiary/aromatic N) is 1. The molecule has 1 saturated heterocycles. The molecule has 1 atom stereocenters. The van der Waals surface area contributed by atoms with Gasteiger partial charge in [-0.1, -0.05) is 6.07 Å². The third kappa shape index (κ3) is 4.28. The molecule has 6 nitrogen and oxygen atoms in total. The molecular formula is C25H20F3NO5. The molecule has 2 aromatic carbocycles. The van der Waals surface area contributed by atoms with Crippen molar-refractivity contribution in [3.05, 3.63) is 89.4 Å². The summed E-state index contributed by atoms with van der Waals surface area (Å²) in [5.41, 5.74) is -1.20. The van der Waals surface area contributed by atoms with E-state index in [4.69, 9.17) is 9.15 Å². The van der Waals surface area contributed by atoms with Gasteiger partial charge in [-0.15, -0.1) is 0 Å². The van der Waals surface area contributed by atoms with Crippen molar-refractivity contribution in [2.75, 3.05) is 4.90 Å². The van der Waals surface area contributed by atoms with Gasteiger partial charge in [0.05, 0.1) is 23.5 Å². The Labute approximate surface area is 192 Å². The number of hydrogen-bond donors (Lipinski definition) is 1. The van der Waals surface area contributed by atoms with Crippen LogP contribution in [0.1, 0.15) is 36.8 Å². The van der Waals surface area contributed by atoms with E-state index < -0.39 is 35.2 Å². The Morgan fingerprint density at radius 3 is 2.35 bits per heavy atom. The largest absolute Gasteiger partial charge is 0.507 e. The topological polar surface area (TPSA) is 80.0 Å². The molecule has 0 spiro atoms. The zero-order chi connectivity index (χ0) is 24.6. The smallest absolute Gasteiger partial charge is 0.416 e. The van der Waals surface area contributed by atoms with E-state index in [0.717, 1.165) is 23.1 Å². The van der Waals surface area contributed by atoms with E-state index in [9.17, 15) is 27.9 Å². The number of furan rings is 1. The minimum Gasteiger partial charge on any atom is -0.507 e. The van der Waals surface area contributed by atoms with Crippen molar-refractivity contribution in [2.24, 2.45) is 0 Å². The summed E-state index contributed by atoms with van der Waals surface area (Å²) in [5.74, 6) is -1.96. The first-order valence-corrected chi connectivity index (χ1v) is 10.4. The van der Waals surface area contributed by atoms with Gasteiger partial charge >= 0.3 is 6.18 Å². The number of aliphatic hydroxyl groups is 1. The maximum absolute atomic E-state index is 13.3. The van der Waals surface area contributed by atoms with Crippen LogP contribution in [0.3, 0.4) is 0 Å². The summed E-state index contributed by atoms with van der Waals surface area (Å²) in [6.45, 7) is 3.71. The van der Waals surface area contributed by atoms with E-state index in [2.05, 4.69) is 0 Å². The van der Waals surface area contributed by atoms with Gasteiger partial charge in [-0.2, -0.15) is 13.2 Å². The normalized spacial score (nSPS) is 18.1. The lowest BCUT2D eigenvalue weighted by molar-refractivity contribution is -0.137. The van der Waals surface area contributed by atoms with Gasteiger partial charge in [0.15, 0.2) is 0 Å². The molecule has 0 aliphatic carbocycles. The standard InChI is InChI=1S/C25H20F3NO5/c1-14(2)34-18-10-8-15(9-11-18)22(30)20-21(19-7-4-12-33-19)29(24(32)23(20)31)17-6-3-5-16(13-17)25(26,27)28/h3-14,21,30H,1-2H3/b22-20-. The van der Waals surface area contributed by atoms with Crippen LogP contribution in [0.25, 0.3) is 5.76 Å². The number of rotatable bonds is 5. The van der Waals surface area contributed by atoms with E-state index in [1.807, 2.05) is 13.8 Å². The van der Waals surface area contributed by atoms with Crippen molar-refractivity contribution in [3.63, 3.8) is 0 Å². The predicted molar refractivity (Wildman–Crippen MR) is 117 cm³/mol. The van der Waals surface area contributed by atoms with Gasteiger partial charge in [0.2, 0.25) is 0 Å². The molecule has 1 aliphatic heterocycles. The Bertz CT molecular complexity index is 1240. The molecule has 0 radical (unpaired) electrons. The van der Waals surface area contributed by atoms with E-state index >= 15 is 0 Å². The molecule has 1 unspecified atom stereocenters. The molecular weight excluding hydrogens is 451 g/mol. The number of aliphatic hydroxyl groups excluding tert-OH is 1. The minimum atomic E-state index is -4.65. The number of carbonyl (C=O) groups excluding carboxylic acids is 2. The first kappa shape index (κ1) is 23.2. The monoisotopic (exact) mass is 471 g/mol. The Morgan fingerprint density at radius 2 is 1.76 bits per heavy atom. The van der Waals surface area contributed by atoms with Crippen LogP contribution in [-0.2, 0) is 15.8 Å². The molecule has 1 fully saturated rings. The van der Waals surface area contributed by atoms with Crippen LogP contribution in [0, 0.1) is 0 Å². The summed E-state index contributed by atoms with van der Waals surface area (Å²) in [5, 5.41) is 11.0. The predicted octanol–water partition coefficient (Wildman–Crippen LogP) is 5.71. The van der Waals surface area contributed by atoms with Crippen LogP contribution in [0.5, 0.6) is 5.75 Å². The molecule has 1 aliphatic rings. The molecule has 4 rings (SSSR count). The van der Waals surface area contributed by atoms with Crippen molar-refractivity contribution >= 4 is 23.1 Å². The summed E-state index contributed by atoms with van der Waals surface area (Å²) in [4.78, 5) is 26.9. The Kier molecular flexibility index (Phi) is 5.95. The Hall–Kier alpha value is -4.01. The Morgan fingerprint density at radius 1 is 1.06 bits per heavy atom. The summed E-state index contributed by atoms with van der Waals surface area (Å²) in [6.07, 6.45) is -3.42.